The van der Waals surface area contributed by atoms with Crippen LogP contribution >= 0.6 is 0 Å². The third-order valence-corrected chi connectivity index (χ3v) is 2.83. The Hall–Kier alpha value is -1.00. The van der Waals surface area contributed by atoms with Gasteiger partial charge in [-0.3, -0.25) is 4.90 Å². The van der Waals surface area contributed by atoms with Gasteiger partial charge in [0.05, 0.1) is 5.69 Å². The molecule has 82 valence electrons. The summed E-state index contributed by atoms with van der Waals surface area (Å²) in [5.74, 6) is 0.877. The average molecular weight is 206 g/mol. The summed E-state index contributed by atoms with van der Waals surface area (Å²) in [5, 5.41) is 0. The lowest BCUT2D eigenvalue weighted by Crippen LogP contribution is -2.24. The number of aromatic nitrogens is 2. The number of nitrogens with zero attached hydrogens (tertiary/aromatic N) is 3. The van der Waals surface area contributed by atoms with Gasteiger partial charge in [0, 0.05) is 37.3 Å². The third-order valence-electron chi connectivity index (χ3n) is 2.83. The fourth-order valence-electron chi connectivity index (χ4n) is 1.83. The molecule has 2 rings (SSSR count). The highest BCUT2D eigenvalue weighted by atomic mass is 15.2. The van der Waals surface area contributed by atoms with Crippen LogP contribution in [0.3, 0.4) is 0 Å². The van der Waals surface area contributed by atoms with E-state index in [-0.39, 0.29) is 0 Å². The minimum atomic E-state index is 0.567. The Kier molecular flexibility index (Phi) is 2.98. The summed E-state index contributed by atoms with van der Waals surface area (Å²) in [7, 11) is 0. The van der Waals surface area contributed by atoms with E-state index < -0.39 is 0 Å². The Balaban J connectivity index is 2.16. The molecular formula is C11H18N4. The third kappa shape index (κ3) is 2.16. The van der Waals surface area contributed by atoms with Crippen molar-refractivity contribution in [3.8, 4) is 0 Å². The normalized spacial score (nSPS) is 16.0. The van der Waals surface area contributed by atoms with Gasteiger partial charge in [0.2, 0.25) is 0 Å². The van der Waals surface area contributed by atoms with Crippen LogP contribution in [0.15, 0.2) is 6.20 Å². The Morgan fingerprint density at radius 1 is 1.47 bits per heavy atom. The second kappa shape index (κ2) is 4.24. The molecule has 0 amide bonds. The number of hydrogen-bond donors (Lipinski definition) is 1. The molecule has 0 aliphatic carbocycles. The second-order valence-corrected chi connectivity index (χ2v) is 4.30. The van der Waals surface area contributed by atoms with E-state index in [1.54, 1.807) is 0 Å². The van der Waals surface area contributed by atoms with Gasteiger partial charge in [-0.05, 0) is 20.4 Å². The van der Waals surface area contributed by atoms with E-state index >= 15 is 0 Å². The smallest absolute Gasteiger partial charge is 0.129 e. The molecular weight excluding hydrogens is 188 g/mol. The van der Waals surface area contributed by atoms with E-state index in [2.05, 4.69) is 28.7 Å². The molecule has 0 bridgehead atoms. The molecule has 2 heterocycles. The van der Waals surface area contributed by atoms with Crippen LogP contribution in [-0.4, -0.2) is 27.5 Å². The second-order valence-electron chi connectivity index (χ2n) is 4.30. The van der Waals surface area contributed by atoms with Crippen molar-refractivity contribution in [2.75, 3.05) is 6.54 Å². The summed E-state index contributed by atoms with van der Waals surface area (Å²) in [4.78, 5) is 11.3. The minimum Gasteiger partial charge on any atom is -0.330 e. The quantitative estimate of drug-likeness (QED) is 0.791. The molecule has 0 aromatic carbocycles. The summed E-state index contributed by atoms with van der Waals surface area (Å²) in [6.07, 6.45) is 2.73. The first kappa shape index (κ1) is 10.5. The first-order valence-electron chi connectivity index (χ1n) is 5.48. The van der Waals surface area contributed by atoms with Crippen LogP contribution in [0.25, 0.3) is 0 Å². The Morgan fingerprint density at radius 3 is 2.93 bits per heavy atom. The molecule has 0 fully saturated rings. The topological polar surface area (TPSA) is 55.0 Å². The van der Waals surface area contributed by atoms with Crippen LogP contribution < -0.4 is 5.73 Å². The standard InChI is InChI=1S/C11H18N4/c1-8(2)15-6-9-5-13-11(3-4-12)14-10(9)7-15/h5,8H,3-4,6-7,12H2,1-2H3. The summed E-state index contributed by atoms with van der Waals surface area (Å²) in [6, 6.07) is 0.567. The number of rotatable bonds is 3. The Morgan fingerprint density at radius 2 is 2.27 bits per heavy atom. The van der Waals surface area contributed by atoms with Gasteiger partial charge < -0.3 is 5.73 Å². The van der Waals surface area contributed by atoms with Gasteiger partial charge in [0.15, 0.2) is 0 Å². The fraction of sp³-hybridized carbons (Fsp3) is 0.636. The van der Waals surface area contributed by atoms with Crippen molar-refractivity contribution in [1.82, 2.24) is 14.9 Å². The molecule has 4 nitrogen and oxygen atoms in total. The predicted octanol–water partition coefficient (Wildman–Crippen LogP) is 0.702. The van der Waals surface area contributed by atoms with E-state index in [4.69, 9.17) is 5.73 Å². The molecule has 0 unspecified atom stereocenters. The van der Waals surface area contributed by atoms with Crippen LogP contribution in [0.5, 0.6) is 0 Å². The van der Waals surface area contributed by atoms with Crippen molar-refractivity contribution >= 4 is 0 Å². The highest BCUT2D eigenvalue weighted by molar-refractivity contribution is 5.22. The lowest BCUT2D eigenvalue weighted by atomic mass is 10.2. The summed E-state index contributed by atoms with van der Waals surface area (Å²) < 4.78 is 0. The summed E-state index contributed by atoms with van der Waals surface area (Å²) in [5.41, 5.74) is 7.94. The van der Waals surface area contributed by atoms with Crippen molar-refractivity contribution in [1.29, 1.82) is 0 Å². The van der Waals surface area contributed by atoms with E-state index in [0.29, 0.717) is 12.6 Å². The van der Waals surface area contributed by atoms with Crippen LogP contribution in [0, 0.1) is 0 Å². The zero-order valence-electron chi connectivity index (χ0n) is 9.40. The zero-order valence-corrected chi connectivity index (χ0v) is 9.40. The van der Waals surface area contributed by atoms with Gasteiger partial charge in [0.1, 0.15) is 5.82 Å². The average Bonchev–Trinajstić information content (AvgIpc) is 2.61. The van der Waals surface area contributed by atoms with Crippen molar-refractivity contribution in [3.05, 3.63) is 23.3 Å². The highest BCUT2D eigenvalue weighted by Gasteiger charge is 2.22. The van der Waals surface area contributed by atoms with Crippen molar-refractivity contribution in [2.45, 2.75) is 39.4 Å². The molecule has 4 heteroatoms. The SMILES string of the molecule is CC(C)N1Cc2cnc(CCN)nc2C1. The maximum absolute atomic E-state index is 5.49. The lowest BCUT2D eigenvalue weighted by Gasteiger charge is -2.18. The maximum atomic E-state index is 5.49. The molecule has 0 spiro atoms. The van der Waals surface area contributed by atoms with Gasteiger partial charge in [-0.2, -0.15) is 0 Å². The molecule has 1 aliphatic heterocycles. The van der Waals surface area contributed by atoms with Crippen LogP contribution in [0.1, 0.15) is 30.9 Å². The molecule has 0 radical (unpaired) electrons. The monoisotopic (exact) mass is 206 g/mol. The Labute approximate surface area is 90.5 Å². The maximum Gasteiger partial charge on any atom is 0.129 e. The van der Waals surface area contributed by atoms with Gasteiger partial charge in [-0.15, -0.1) is 0 Å². The highest BCUT2D eigenvalue weighted by Crippen LogP contribution is 2.21. The van der Waals surface area contributed by atoms with Crippen molar-refractivity contribution in [2.24, 2.45) is 5.73 Å². The first-order chi connectivity index (χ1) is 7.20. The summed E-state index contributed by atoms with van der Waals surface area (Å²) in [6.45, 7) is 6.97. The number of fused-ring (bicyclic) bond motifs is 1. The van der Waals surface area contributed by atoms with Gasteiger partial charge >= 0.3 is 0 Å². The van der Waals surface area contributed by atoms with Gasteiger partial charge in [-0.25, -0.2) is 9.97 Å². The molecule has 1 aliphatic rings. The van der Waals surface area contributed by atoms with Crippen LogP contribution in [0.4, 0.5) is 0 Å². The van der Waals surface area contributed by atoms with E-state index in [9.17, 15) is 0 Å². The number of hydrogen-bond acceptors (Lipinski definition) is 4. The summed E-state index contributed by atoms with van der Waals surface area (Å²) >= 11 is 0. The first-order valence-corrected chi connectivity index (χ1v) is 5.48. The molecule has 1 aromatic heterocycles. The van der Waals surface area contributed by atoms with Gasteiger partial charge in [0.25, 0.3) is 0 Å². The molecule has 1 aromatic rings. The van der Waals surface area contributed by atoms with E-state index in [1.165, 1.54) is 11.3 Å². The minimum absolute atomic E-state index is 0.567. The predicted molar refractivity (Wildman–Crippen MR) is 59.2 cm³/mol. The van der Waals surface area contributed by atoms with Crippen LogP contribution in [-0.2, 0) is 19.5 Å². The zero-order chi connectivity index (χ0) is 10.8. The molecule has 0 saturated heterocycles. The molecule has 2 N–H and O–H groups in total. The lowest BCUT2D eigenvalue weighted by molar-refractivity contribution is 0.226. The Bertz CT molecular complexity index is 348. The number of nitrogens with two attached hydrogens (primary N) is 1. The van der Waals surface area contributed by atoms with E-state index in [0.717, 1.165) is 25.3 Å². The van der Waals surface area contributed by atoms with Crippen LogP contribution in [0.2, 0.25) is 0 Å². The fourth-order valence-corrected chi connectivity index (χ4v) is 1.83. The molecule has 15 heavy (non-hydrogen) atoms. The largest absolute Gasteiger partial charge is 0.330 e. The van der Waals surface area contributed by atoms with Gasteiger partial charge in [-0.1, -0.05) is 0 Å². The van der Waals surface area contributed by atoms with E-state index in [1.807, 2.05) is 6.20 Å². The van der Waals surface area contributed by atoms with Crippen molar-refractivity contribution < 1.29 is 0 Å². The van der Waals surface area contributed by atoms with Crippen molar-refractivity contribution in [3.63, 3.8) is 0 Å². The molecule has 0 saturated carbocycles. The molecule has 0 atom stereocenters.